The van der Waals surface area contributed by atoms with Crippen LogP contribution in [-0.2, 0) is 4.79 Å². The molecular weight excluding hydrogens is 276 g/mol. The van der Waals surface area contributed by atoms with Gasteiger partial charge in [-0.15, -0.1) is 0 Å². The number of hydrogen-bond donors (Lipinski definition) is 2. The van der Waals surface area contributed by atoms with E-state index in [2.05, 4.69) is 6.92 Å². The van der Waals surface area contributed by atoms with Crippen molar-refractivity contribution in [2.24, 2.45) is 35.0 Å². The predicted molar refractivity (Wildman–Crippen MR) is 84.2 cm³/mol. The largest absolute Gasteiger partial charge is 0.515 e. The summed E-state index contributed by atoms with van der Waals surface area (Å²) < 4.78 is 0. The first-order valence-corrected chi connectivity index (χ1v) is 9.09. The van der Waals surface area contributed by atoms with Gasteiger partial charge in [-0.3, -0.25) is 4.79 Å². The first-order chi connectivity index (χ1) is 10.5. The maximum atomic E-state index is 12.1. The Hall–Kier alpha value is -0.830. The number of hydrogen-bond acceptors (Lipinski definition) is 3. The molecule has 0 aliphatic heterocycles. The minimum absolute atomic E-state index is 0.114. The molecule has 0 heterocycles. The van der Waals surface area contributed by atoms with Gasteiger partial charge in [-0.25, -0.2) is 0 Å². The number of aliphatic hydroxyl groups excluding tert-OH is 2. The van der Waals surface area contributed by atoms with Gasteiger partial charge < -0.3 is 10.2 Å². The van der Waals surface area contributed by atoms with E-state index < -0.39 is 0 Å². The third-order valence-corrected chi connectivity index (χ3v) is 7.89. The molecule has 0 aromatic rings. The van der Waals surface area contributed by atoms with Crippen LogP contribution in [-0.4, -0.2) is 22.1 Å². The molecular formula is C19H28O3. The average molecular weight is 304 g/mol. The van der Waals surface area contributed by atoms with Crippen LogP contribution in [0, 0.1) is 35.0 Å². The van der Waals surface area contributed by atoms with Gasteiger partial charge in [0.15, 0.2) is 5.78 Å². The minimum Gasteiger partial charge on any atom is -0.515 e. The number of Topliss-reactive ketones (excluding diaryl/α,β-unsaturated/α-hetero) is 1. The second-order valence-corrected chi connectivity index (χ2v) is 8.56. The van der Waals surface area contributed by atoms with E-state index in [1.807, 2.05) is 0 Å². The van der Waals surface area contributed by atoms with Gasteiger partial charge in [-0.1, -0.05) is 6.92 Å². The lowest BCUT2D eigenvalue weighted by Crippen LogP contribution is -2.49. The van der Waals surface area contributed by atoms with Gasteiger partial charge in [-0.05, 0) is 80.0 Å². The second kappa shape index (κ2) is 5.09. The lowest BCUT2D eigenvalue weighted by Gasteiger charge is -2.55. The highest BCUT2D eigenvalue weighted by molar-refractivity contribution is 5.96. The van der Waals surface area contributed by atoms with E-state index in [0.29, 0.717) is 35.7 Å². The van der Waals surface area contributed by atoms with Crippen molar-refractivity contribution in [1.82, 2.24) is 0 Å². The molecule has 3 heteroatoms. The highest BCUT2D eigenvalue weighted by Gasteiger charge is 2.57. The number of carbonyl (C=O) groups is 1. The number of aliphatic hydroxyl groups is 2. The Labute approximate surface area is 132 Å². The van der Waals surface area contributed by atoms with Gasteiger partial charge >= 0.3 is 0 Å². The number of carbonyl (C=O) groups excluding carboxylic acids is 1. The molecule has 0 amide bonds. The van der Waals surface area contributed by atoms with Gasteiger partial charge in [-0.2, -0.15) is 0 Å². The summed E-state index contributed by atoms with van der Waals surface area (Å²) in [5.74, 6) is 3.38. The van der Waals surface area contributed by atoms with E-state index in [9.17, 15) is 15.0 Å². The molecule has 7 atom stereocenters. The SMILES string of the molecule is C[C@]12CC[C@H]3[C@@H](CC[C@H]4CC(=O)/C(=C\O)C[C@@H]43)[C@@H]1CC[C@@H]2O. The molecule has 0 spiro atoms. The molecule has 22 heavy (non-hydrogen) atoms. The van der Waals surface area contributed by atoms with E-state index in [1.54, 1.807) is 0 Å². The first kappa shape index (κ1) is 14.7. The van der Waals surface area contributed by atoms with Gasteiger partial charge in [0, 0.05) is 12.0 Å². The molecule has 0 unspecified atom stereocenters. The Bertz CT molecular complexity index is 511. The summed E-state index contributed by atoms with van der Waals surface area (Å²) in [4.78, 5) is 12.1. The van der Waals surface area contributed by atoms with Gasteiger partial charge in [0.25, 0.3) is 0 Å². The van der Waals surface area contributed by atoms with Gasteiger partial charge in [0.2, 0.25) is 0 Å². The van der Waals surface area contributed by atoms with Crippen LogP contribution in [0.3, 0.4) is 0 Å². The quantitative estimate of drug-likeness (QED) is 0.531. The zero-order chi connectivity index (χ0) is 15.5. The Morgan fingerprint density at radius 1 is 1.05 bits per heavy atom. The number of ketones is 1. The first-order valence-electron chi connectivity index (χ1n) is 9.09. The van der Waals surface area contributed by atoms with Crippen molar-refractivity contribution in [3.63, 3.8) is 0 Å². The van der Waals surface area contributed by atoms with Gasteiger partial charge in [0.05, 0.1) is 12.4 Å². The van der Waals surface area contributed by atoms with Crippen molar-refractivity contribution < 1.29 is 15.0 Å². The minimum atomic E-state index is -0.114. The zero-order valence-electron chi connectivity index (χ0n) is 13.5. The summed E-state index contributed by atoms with van der Waals surface area (Å²) in [6.07, 6.45) is 9.27. The molecule has 4 aliphatic carbocycles. The molecule has 4 aliphatic rings. The molecule has 4 fully saturated rings. The van der Waals surface area contributed by atoms with Crippen LogP contribution in [0.4, 0.5) is 0 Å². The summed E-state index contributed by atoms with van der Waals surface area (Å²) in [5, 5.41) is 19.8. The number of fused-ring (bicyclic) bond motifs is 5. The van der Waals surface area contributed by atoms with Crippen molar-refractivity contribution in [3.8, 4) is 0 Å². The van der Waals surface area contributed by atoms with Crippen LogP contribution in [0.1, 0.15) is 58.3 Å². The third kappa shape index (κ3) is 1.94. The fourth-order valence-electron chi connectivity index (χ4n) is 6.64. The van der Waals surface area contributed by atoms with Crippen molar-refractivity contribution in [1.29, 1.82) is 0 Å². The summed E-state index contributed by atoms with van der Waals surface area (Å²) in [5.41, 5.74) is 0.787. The molecule has 0 aromatic carbocycles. The number of rotatable bonds is 0. The molecule has 2 N–H and O–H groups in total. The van der Waals surface area contributed by atoms with Crippen molar-refractivity contribution >= 4 is 5.78 Å². The topological polar surface area (TPSA) is 57.5 Å². The van der Waals surface area contributed by atoms with Crippen LogP contribution >= 0.6 is 0 Å². The van der Waals surface area contributed by atoms with Crippen LogP contribution in [0.15, 0.2) is 11.8 Å². The van der Waals surface area contributed by atoms with Crippen LogP contribution in [0.5, 0.6) is 0 Å². The van der Waals surface area contributed by atoms with Crippen LogP contribution in [0.25, 0.3) is 0 Å². The van der Waals surface area contributed by atoms with E-state index in [0.717, 1.165) is 31.4 Å². The standard InChI is InChI=1S/C19H28O3/c1-19-7-6-13-14(16(19)4-5-18(19)22)3-2-11-9-17(21)12(10-20)8-15(11)13/h10-11,13-16,18,20,22H,2-9H2,1H3/b12-10-/t11-,13-,14+,15-,16-,18-,19-/m0/s1. The average Bonchev–Trinajstić information content (AvgIpc) is 2.82. The van der Waals surface area contributed by atoms with E-state index in [1.165, 1.54) is 25.7 Å². The molecule has 3 nitrogen and oxygen atoms in total. The Balaban J connectivity index is 1.60. The van der Waals surface area contributed by atoms with Crippen LogP contribution < -0.4 is 0 Å². The third-order valence-electron chi connectivity index (χ3n) is 7.89. The Kier molecular flexibility index (Phi) is 3.41. The molecule has 0 bridgehead atoms. The highest BCUT2D eigenvalue weighted by atomic mass is 16.3. The molecule has 4 rings (SSSR count). The maximum Gasteiger partial charge on any atom is 0.162 e. The van der Waals surface area contributed by atoms with Gasteiger partial charge in [0.1, 0.15) is 0 Å². The summed E-state index contributed by atoms with van der Waals surface area (Å²) in [6.45, 7) is 2.31. The summed E-state index contributed by atoms with van der Waals surface area (Å²) >= 11 is 0. The molecule has 0 radical (unpaired) electrons. The van der Waals surface area contributed by atoms with E-state index in [4.69, 9.17) is 0 Å². The summed E-state index contributed by atoms with van der Waals surface area (Å²) in [7, 11) is 0. The lowest BCUT2D eigenvalue weighted by molar-refractivity contribution is -0.123. The monoisotopic (exact) mass is 304 g/mol. The molecule has 122 valence electrons. The molecule has 0 aromatic heterocycles. The Morgan fingerprint density at radius 2 is 1.86 bits per heavy atom. The molecule has 0 saturated heterocycles. The fraction of sp³-hybridized carbons (Fsp3) is 0.842. The second-order valence-electron chi connectivity index (χ2n) is 8.56. The normalized spacial score (nSPS) is 53.0. The van der Waals surface area contributed by atoms with E-state index >= 15 is 0 Å². The Morgan fingerprint density at radius 3 is 2.64 bits per heavy atom. The zero-order valence-corrected chi connectivity index (χ0v) is 13.5. The van der Waals surface area contributed by atoms with Crippen molar-refractivity contribution in [3.05, 3.63) is 11.8 Å². The van der Waals surface area contributed by atoms with Crippen LogP contribution in [0.2, 0.25) is 0 Å². The van der Waals surface area contributed by atoms with Crippen molar-refractivity contribution in [2.45, 2.75) is 64.4 Å². The van der Waals surface area contributed by atoms with Crippen molar-refractivity contribution in [2.75, 3.05) is 0 Å². The lowest BCUT2D eigenvalue weighted by atomic mass is 9.50. The smallest absolute Gasteiger partial charge is 0.162 e. The maximum absolute atomic E-state index is 12.1. The molecule has 4 saturated carbocycles. The highest BCUT2D eigenvalue weighted by Crippen LogP contribution is 2.62. The summed E-state index contributed by atoms with van der Waals surface area (Å²) in [6, 6.07) is 0. The van der Waals surface area contributed by atoms with E-state index in [-0.39, 0.29) is 17.3 Å². The predicted octanol–water partition coefficient (Wildman–Crippen LogP) is 3.62. The fourth-order valence-corrected chi connectivity index (χ4v) is 6.64. The number of allylic oxidation sites excluding steroid dienone is 1.